The summed E-state index contributed by atoms with van der Waals surface area (Å²) in [5, 5.41) is 3.26. The van der Waals surface area contributed by atoms with Gasteiger partial charge < -0.3 is 10.2 Å². The van der Waals surface area contributed by atoms with E-state index in [0.29, 0.717) is 18.5 Å². The number of rotatable bonds is 5. The Morgan fingerprint density at radius 1 is 1.38 bits per heavy atom. The van der Waals surface area contributed by atoms with Crippen LogP contribution in [0.25, 0.3) is 0 Å². The lowest BCUT2D eigenvalue weighted by atomic mass is 10.0. The van der Waals surface area contributed by atoms with E-state index in [2.05, 4.69) is 26.1 Å². The van der Waals surface area contributed by atoms with Gasteiger partial charge in [0.1, 0.15) is 0 Å². The standard InChI is InChI=1S/C10H22N2O/c1-6-9(8(2)3)11-7-10(13)12(4)5/h8-9,11H,6-7H2,1-5H3. The van der Waals surface area contributed by atoms with Gasteiger partial charge in [-0.25, -0.2) is 0 Å². The van der Waals surface area contributed by atoms with Crippen LogP contribution < -0.4 is 5.32 Å². The molecule has 1 atom stereocenters. The molecule has 3 heteroatoms. The highest BCUT2D eigenvalue weighted by Crippen LogP contribution is 2.04. The van der Waals surface area contributed by atoms with Crippen molar-refractivity contribution in [1.82, 2.24) is 10.2 Å². The molecule has 0 bridgehead atoms. The monoisotopic (exact) mass is 186 g/mol. The molecular formula is C10H22N2O. The van der Waals surface area contributed by atoms with Crippen LogP contribution in [-0.4, -0.2) is 37.5 Å². The number of amides is 1. The van der Waals surface area contributed by atoms with Crippen LogP contribution in [0.4, 0.5) is 0 Å². The molecule has 78 valence electrons. The van der Waals surface area contributed by atoms with Gasteiger partial charge in [-0.15, -0.1) is 0 Å². The van der Waals surface area contributed by atoms with E-state index in [1.807, 2.05) is 0 Å². The van der Waals surface area contributed by atoms with Gasteiger partial charge in [0.2, 0.25) is 5.91 Å². The fourth-order valence-corrected chi connectivity index (χ4v) is 1.23. The maximum Gasteiger partial charge on any atom is 0.236 e. The number of nitrogens with zero attached hydrogens (tertiary/aromatic N) is 1. The van der Waals surface area contributed by atoms with Crippen LogP contribution in [-0.2, 0) is 4.79 Å². The first-order valence-electron chi connectivity index (χ1n) is 4.92. The van der Waals surface area contributed by atoms with Gasteiger partial charge in [-0.3, -0.25) is 4.79 Å². The van der Waals surface area contributed by atoms with Crippen molar-refractivity contribution in [3.8, 4) is 0 Å². The van der Waals surface area contributed by atoms with Crippen molar-refractivity contribution < 1.29 is 4.79 Å². The second-order valence-corrected chi connectivity index (χ2v) is 3.93. The quantitative estimate of drug-likeness (QED) is 0.697. The molecular weight excluding hydrogens is 164 g/mol. The van der Waals surface area contributed by atoms with Crippen LogP contribution in [0.5, 0.6) is 0 Å². The van der Waals surface area contributed by atoms with E-state index in [1.54, 1.807) is 19.0 Å². The molecule has 0 aliphatic heterocycles. The van der Waals surface area contributed by atoms with Gasteiger partial charge in [0.05, 0.1) is 6.54 Å². The van der Waals surface area contributed by atoms with Gasteiger partial charge in [-0.05, 0) is 12.3 Å². The van der Waals surface area contributed by atoms with E-state index in [-0.39, 0.29) is 5.91 Å². The summed E-state index contributed by atoms with van der Waals surface area (Å²) in [6.45, 7) is 6.92. The minimum absolute atomic E-state index is 0.138. The van der Waals surface area contributed by atoms with Crippen molar-refractivity contribution in [2.45, 2.75) is 33.2 Å². The topological polar surface area (TPSA) is 32.3 Å². The lowest BCUT2D eigenvalue weighted by Crippen LogP contribution is -2.40. The minimum atomic E-state index is 0.138. The Hall–Kier alpha value is -0.570. The van der Waals surface area contributed by atoms with Crippen LogP contribution in [0, 0.1) is 5.92 Å². The van der Waals surface area contributed by atoms with Crippen molar-refractivity contribution >= 4 is 5.91 Å². The maximum absolute atomic E-state index is 11.2. The molecule has 0 fully saturated rings. The highest BCUT2D eigenvalue weighted by Gasteiger charge is 2.12. The Morgan fingerprint density at radius 3 is 2.23 bits per heavy atom. The predicted molar refractivity (Wildman–Crippen MR) is 55.6 cm³/mol. The summed E-state index contributed by atoms with van der Waals surface area (Å²) in [6.07, 6.45) is 1.07. The number of carbonyl (C=O) groups is 1. The molecule has 0 aromatic rings. The second-order valence-electron chi connectivity index (χ2n) is 3.93. The van der Waals surface area contributed by atoms with Crippen molar-refractivity contribution in [2.24, 2.45) is 5.92 Å². The fourth-order valence-electron chi connectivity index (χ4n) is 1.23. The largest absolute Gasteiger partial charge is 0.348 e. The molecule has 0 heterocycles. The van der Waals surface area contributed by atoms with Crippen molar-refractivity contribution in [3.63, 3.8) is 0 Å². The summed E-state index contributed by atoms with van der Waals surface area (Å²) in [6, 6.07) is 0.448. The van der Waals surface area contributed by atoms with E-state index < -0.39 is 0 Å². The molecule has 0 aromatic heterocycles. The first-order chi connectivity index (χ1) is 5.99. The zero-order chi connectivity index (χ0) is 10.4. The normalized spacial score (nSPS) is 13.1. The predicted octanol–water partition coefficient (Wildman–Crippen LogP) is 1.10. The Bertz CT molecular complexity index is 155. The lowest BCUT2D eigenvalue weighted by molar-refractivity contribution is -0.127. The van der Waals surface area contributed by atoms with Gasteiger partial charge in [-0.2, -0.15) is 0 Å². The van der Waals surface area contributed by atoms with E-state index in [1.165, 1.54) is 0 Å². The van der Waals surface area contributed by atoms with Crippen LogP contribution in [0.1, 0.15) is 27.2 Å². The smallest absolute Gasteiger partial charge is 0.236 e. The number of carbonyl (C=O) groups excluding carboxylic acids is 1. The SMILES string of the molecule is CCC(NCC(=O)N(C)C)C(C)C. The summed E-state index contributed by atoms with van der Waals surface area (Å²) in [5.74, 6) is 0.721. The van der Waals surface area contributed by atoms with Crippen molar-refractivity contribution in [1.29, 1.82) is 0 Å². The molecule has 1 unspecified atom stereocenters. The molecule has 3 nitrogen and oxygen atoms in total. The van der Waals surface area contributed by atoms with Gasteiger partial charge in [0.25, 0.3) is 0 Å². The Balaban J connectivity index is 3.79. The molecule has 1 N–H and O–H groups in total. The van der Waals surface area contributed by atoms with E-state index in [4.69, 9.17) is 0 Å². The van der Waals surface area contributed by atoms with E-state index in [9.17, 15) is 4.79 Å². The van der Waals surface area contributed by atoms with Crippen LogP contribution in [0.2, 0.25) is 0 Å². The highest BCUT2D eigenvalue weighted by molar-refractivity contribution is 5.77. The molecule has 0 radical (unpaired) electrons. The third-order valence-electron chi connectivity index (χ3n) is 2.26. The molecule has 13 heavy (non-hydrogen) atoms. The molecule has 1 amide bonds. The van der Waals surface area contributed by atoms with Gasteiger partial charge in [0.15, 0.2) is 0 Å². The third-order valence-corrected chi connectivity index (χ3v) is 2.26. The van der Waals surface area contributed by atoms with Crippen LogP contribution >= 0.6 is 0 Å². The maximum atomic E-state index is 11.2. The average molecular weight is 186 g/mol. The lowest BCUT2D eigenvalue weighted by Gasteiger charge is -2.21. The fraction of sp³-hybridized carbons (Fsp3) is 0.900. The van der Waals surface area contributed by atoms with Crippen LogP contribution in [0.15, 0.2) is 0 Å². The zero-order valence-corrected chi connectivity index (χ0v) is 9.42. The Morgan fingerprint density at radius 2 is 1.92 bits per heavy atom. The van der Waals surface area contributed by atoms with Gasteiger partial charge >= 0.3 is 0 Å². The molecule has 0 spiro atoms. The average Bonchev–Trinajstić information content (AvgIpc) is 2.04. The first-order valence-corrected chi connectivity index (χ1v) is 4.92. The molecule has 0 aromatic carbocycles. The number of likely N-dealkylation sites (N-methyl/N-ethyl adjacent to an activating group) is 1. The molecule has 0 aliphatic rings. The second kappa shape index (κ2) is 5.97. The van der Waals surface area contributed by atoms with Crippen molar-refractivity contribution in [3.05, 3.63) is 0 Å². The molecule has 0 aliphatic carbocycles. The summed E-state index contributed by atoms with van der Waals surface area (Å²) in [7, 11) is 3.56. The summed E-state index contributed by atoms with van der Waals surface area (Å²) < 4.78 is 0. The molecule has 0 saturated heterocycles. The molecule has 0 saturated carbocycles. The van der Waals surface area contributed by atoms with Gasteiger partial charge in [-0.1, -0.05) is 20.8 Å². The van der Waals surface area contributed by atoms with Gasteiger partial charge in [0, 0.05) is 20.1 Å². The number of hydrogen-bond acceptors (Lipinski definition) is 2. The number of nitrogens with one attached hydrogen (secondary N) is 1. The molecule has 0 rings (SSSR count). The van der Waals surface area contributed by atoms with Crippen molar-refractivity contribution in [2.75, 3.05) is 20.6 Å². The third kappa shape index (κ3) is 4.88. The Labute approximate surface area is 81.5 Å². The van der Waals surface area contributed by atoms with E-state index >= 15 is 0 Å². The Kier molecular flexibility index (Phi) is 5.71. The number of hydrogen-bond donors (Lipinski definition) is 1. The summed E-state index contributed by atoms with van der Waals surface area (Å²) in [4.78, 5) is 12.9. The van der Waals surface area contributed by atoms with E-state index in [0.717, 1.165) is 6.42 Å². The zero-order valence-electron chi connectivity index (χ0n) is 9.42. The summed E-state index contributed by atoms with van der Waals surface area (Å²) >= 11 is 0. The minimum Gasteiger partial charge on any atom is -0.348 e. The van der Waals surface area contributed by atoms with Crippen LogP contribution in [0.3, 0.4) is 0 Å². The highest BCUT2D eigenvalue weighted by atomic mass is 16.2. The summed E-state index contributed by atoms with van der Waals surface area (Å²) in [5.41, 5.74) is 0. The first kappa shape index (κ1) is 12.4.